The number of rotatable bonds is 14. The Balaban J connectivity index is 1.08. The fraction of sp³-hybridized carbons (Fsp3) is 0.500. The summed E-state index contributed by atoms with van der Waals surface area (Å²) in [4.78, 5) is 25.8. The molecule has 0 saturated carbocycles. The zero-order valence-corrected chi connectivity index (χ0v) is 28.1. The Bertz CT molecular complexity index is 1820. The molecular formula is C24H30N10O10P2S2+2. The molecule has 6 rings (SSSR count). The van der Waals surface area contributed by atoms with Gasteiger partial charge in [0.2, 0.25) is 0 Å². The molecule has 6 heterocycles. The Morgan fingerprint density at radius 3 is 1.77 bits per heavy atom. The van der Waals surface area contributed by atoms with Gasteiger partial charge in [-0.1, -0.05) is 12.2 Å². The third-order valence-corrected chi connectivity index (χ3v) is 9.03. The first kappa shape index (κ1) is 34.9. The van der Waals surface area contributed by atoms with E-state index in [0.29, 0.717) is 47.1 Å². The average molecular weight is 745 g/mol. The number of fused-ring (bicyclic) bond motifs is 2. The number of anilines is 2. The number of hydrogen-bond acceptors (Lipinski definition) is 18. The van der Waals surface area contributed by atoms with E-state index >= 15 is 0 Å². The molecule has 256 valence electrons. The van der Waals surface area contributed by atoms with Gasteiger partial charge in [-0.2, -0.15) is 0 Å². The lowest BCUT2D eigenvalue weighted by atomic mass is 10.1. The van der Waals surface area contributed by atoms with Crippen molar-refractivity contribution in [2.45, 2.75) is 49.1 Å². The molecule has 24 heteroatoms. The first-order valence-electron chi connectivity index (χ1n) is 14.2. The van der Waals surface area contributed by atoms with Crippen molar-refractivity contribution in [2.24, 2.45) is 0 Å². The van der Waals surface area contributed by atoms with E-state index < -0.39 is 76.8 Å². The third kappa shape index (κ3) is 7.02. The predicted octanol–water partition coefficient (Wildman–Crippen LogP) is 0.492. The van der Waals surface area contributed by atoms with E-state index in [1.807, 2.05) is 12.2 Å². The number of aliphatic hydroxyl groups excluding tert-OH is 4. The van der Waals surface area contributed by atoms with Gasteiger partial charge in [-0.15, -0.1) is 9.05 Å². The van der Waals surface area contributed by atoms with Gasteiger partial charge in [-0.25, -0.2) is 29.9 Å². The molecule has 2 aliphatic heterocycles. The molecule has 4 aromatic heterocycles. The number of aromatic nitrogens is 8. The Kier molecular flexibility index (Phi) is 11.1. The number of nitrogens with one attached hydrogen (secondary N) is 2. The summed E-state index contributed by atoms with van der Waals surface area (Å²) in [5.74, 6) is 0.840. The van der Waals surface area contributed by atoms with Crippen LogP contribution in [0.1, 0.15) is 12.5 Å². The minimum atomic E-state index is -2.38. The summed E-state index contributed by atoms with van der Waals surface area (Å²) in [7, 11) is -4.73. The molecule has 3 unspecified atom stereocenters. The van der Waals surface area contributed by atoms with Crippen LogP contribution < -0.4 is 10.6 Å². The highest BCUT2D eigenvalue weighted by Crippen LogP contribution is 2.42. The molecule has 6 N–H and O–H groups in total. The smallest absolute Gasteiger partial charge is 0.394 e. The number of imidazole rings is 2. The molecule has 0 aliphatic carbocycles. The van der Waals surface area contributed by atoms with Crippen LogP contribution >= 0.6 is 39.0 Å². The van der Waals surface area contributed by atoms with Crippen LogP contribution in [0.15, 0.2) is 37.5 Å². The largest absolute Gasteiger partial charge is 0.582 e. The summed E-state index contributed by atoms with van der Waals surface area (Å²) in [5, 5.41) is 46.8. The van der Waals surface area contributed by atoms with Crippen molar-refractivity contribution in [3.05, 3.63) is 37.5 Å². The standard InChI is InChI=1S/C24H28N10O10P2S2/c35-5-11-15(37)18(44-46(40)48)24(41-11)34-10-32-14-20(28-8-30-22(14)34)26-4-2-1-3-25-19-13-21(29-7-27-19)33(9-31-13)23-16(38)17(43-45(39)47)12(6-36)42-23/h1-2,7-12,15-18,23-24,35-38H,3-6H2,(H2-2,25,26,27,28,29,30,39,40,47,48)/p+2/b2-1+/t11-,12-,15-,16-,17-,18-,23-,24?/m1/s1. The zero-order valence-electron chi connectivity index (χ0n) is 24.5. The van der Waals surface area contributed by atoms with E-state index in [0.717, 1.165) is 0 Å². The van der Waals surface area contributed by atoms with Crippen LogP contribution in [-0.2, 0) is 27.7 Å². The lowest BCUT2D eigenvalue weighted by Crippen LogP contribution is -2.34. The molecule has 48 heavy (non-hydrogen) atoms. The number of hydrogen-bond donors (Lipinski definition) is 8. The lowest BCUT2D eigenvalue weighted by Gasteiger charge is -2.16. The van der Waals surface area contributed by atoms with E-state index in [-0.39, 0.29) is 0 Å². The molecule has 0 spiro atoms. The highest BCUT2D eigenvalue weighted by molar-refractivity contribution is 8.39. The maximum atomic E-state index is 11.7. The summed E-state index contributed by atoms with van der Waals surface area (Å²) >= 11 is 7.51. The highest BCUT2D eigenvalue weighted by atomic mass is 32.7. The van der Waals surface area contributed by atoms with Crippen molar-refractivity contribution in [3.8, 4) is 0 Å². The summed E-state index contributed by atoms with van der Waals surface area (Å²) in [6.07, 6.45) is 0.571. The van der Waals surface area contributed by atoms with E-state index in [1.54, 1.807) is 0 Å². The molecule has 10 atom stereocenters. The number of thiol groups is 2. The number of aliphatic hydroxyl groups is 4. The maximum Gasteiger partial charge on any atom is 0.582 e. The summed E-state index contributed by atoms with van der Waals surface area (Å²) in [5.41, 5.74) is 1.51. The molecule has 2 aliphatic rings. The molecule has 0 amide bonds. The van der Waals surface area contributed by atoms with Crippen molar-refractivity contribution >= 4 is 72.9 Å². The van der Waals surface area contributed by atoms with Gasteiger partial charge in [-0.3, -0.25) is 9.13 Å². The fourth-order valence-corrected chi connectivity index (χ4v) is 7.01. The SMILES string of the molecule is O=[P+](S)O[C@H]1[C@@H](O)[C@H](n2cnc3c(NC/C=C/CNc4ncnc5c4ncn5C4O[C@H](CO)[C@@H](O)[C@H]4O[P+](=O)S)ncnc32)O[C@@H]1CO. The second-order valence-corrected chi connectivity index (χ2v) is 13.8. The van der Waals surface area contributed by atoms with E-state index in [2.05, 4.69) is 65.0 Å². The number of nitrogens with zero attached hydrogens (tertiary/aromatic N) is 8. The Hall–Kier alpha value is -2.98. The molecule has 0 bridgehead atoms. The van der Waals surface area contributed by atoms with Gasteiger partial charge in [0.25, 0.3) is 0 Å². The Morgan fingerprint density at radius 1 is 0.750 bits per heavy atom. The maximum absolute atomic E-state index is 11.7. The molecular weight excluding hydrogens is 714 g/mol. The van der Waals surface area contributed by atoms with Crippen LogP contribution in [0, 0.1) is 0 Å². The minimum Gasteiger partial charge on any atom is -0.394 e. The van der Waals surface area contributed by atoms with Gasteiger partial charge in [-0.05, 0) is 9.13 Å². The van der Waals surface area contributed by atoms with Crippen molar-refractivity contribution < 1.29 is 48.1 Å². The second-order valence-electron chi connectivity index (χ2n) is 10.4. The summed E-state index contributed by atoms with van der Waals surface area (Å²) in [6.45, 7) is -0.239. The Labute approximate surface area is 283 Å². The number of ether oxygens (including phenoxy) is 2. The molecule has 2 saturated heterocycles. The lowest BCUT2D eigenvalue weighted by molar-refractivity contribution is -0.0502. The molecule has 4 aromatic rings. The minimum absolute atomic E-state index is 0.351. The van der Waals surface area contributed by atoms with Crippen LogP contribution in [0.2, 0.25) is 0 Å². The van der Waals surface area contributed by atoms with E-state index in [4.69, 9.17) is 18.5 Å². The summed E-state index contributed by atoms with van der Waals surface area (Å²) < 4.78 is 48.1. The first-order valence-corrected chi connectivity index (χ1v) is 18.9. The van der Waals surface area contributed by atoms with Crippen LogP contribution in [0.3, 0.4) is 0 Å². The van der Waals surface area contributed by atoms with Crippen LogP contribution in [0.5, 0.6) is 0 Å². The van der Waals surface area contributed by atoms with Gasteiger partial charge in [0.15, 0.2) is 58.6 Å². The third-order valence-electron chi connectivity index (χ3n) is 7.61. The van der Waals surface area contributed by atoms with Gasteiger partial charge >= 0.3 is 14.5 Å². The van der Waals surface area contributed by atoms with E-state index in [1.165, 1.54) is 34.4 Å². The van der Waals surface area contributed by atoms with Gasteiger partial charge in [0.05, 0.1) is 25.9 Å². The normalized spacial score (nSPS) is 28.1. The van der Waals surface area contributed by atoms with Crippen molar-refractivity contribution in [2.75, 3.05) is 36.9 Å². The van der Waals surface area contributed by atoms with Crippen molar-refractivity contribution in [1.82, 2.24) is 39.0 Å². The predicted molar refractivity (Wildman–Crippen MR) is 174 cm³/mol. The second kappa shape index (κ2) is 15.3. The topological polar surface area (TPSA) is 263 Å². The molecule has 20 nitrogen and oxygen atoms in total. The molecule has 0 aromatic carbocycles. The van der Waals surface area contributed by atoms with Gasteiger partial charge in [0, 0.05) is 13.1 Å². The Morgan fingerprint density at radius 2 is 1.25 bits per heavy atom. The van der Waals surface area contributed by atoms with Gasteiger partial charge in [0.1, 0.15) is 61.6 Å². The van der Waals surface area contributed by atoms with E-state index in [9.17, 15) is 29.6 Å². The summed E-state index contributed by atoms with van der Waals surface area (Å²) in [6, 6.07) is 0. The van der Waals surface area contributed by atoms with Crippen LogP contribution in [0.25, 0.3) is 22.3 Å². The zero-order chi connectivity index (χ0) is 33.9. The molecule has 2 fully saturated rings. The quantitative estimate of drug-likeness (QED) is 0.0496. The van der Waals surface area contributed by atoms with Crippen LogP contribution in [-0.4, -0.2) is 122 Å². The van der Waals surface area contributed by atoms with Gasteiger partial charge < -0.3 is 40.5 Å². The molecule has 0 radical (unpaired) electrons. The van der Waals surface area contributed by atoms with Crippen molar-refractivity contribution in [3.63, 3.8) is 0 Å². The monoisotopic (exact) mass is 744 g/mol. The van der Waals surface area contributed by atoms with Crippen LogP contribution in [0.4, 0.5) is 11.6 Å². The highest BCUT2D eigenvalue weighted by Gasteiger charge is 2.51. The average Bonchev–Trinajstić information content (AvgIpc) is 3.83. The fourth-order valence-electron chi connectivity index (χ4n) is 5.45. The van der Waals surface area contributed by atoms with Crippen molar-refractivity contribution in [1.29, 1.82) is 0 Å². The first-order chi connectivity index (χ1) is 23.2.